The topological polar surface area (TPSA) is 74.6 Å². The number of aliphatic carboxylic acids is 2. The highest BCUT2D eigenvalue weighted by atomic mass is 19.1. The molecular weight excluding hydrogens is 131 g/mol. The van der Waals surface area contributed by atoms with E-state index in [9.17, 15) is 14.0 Å². The molecule has 0 aromatic heterocycles. The Kier molecular flexibility index (Phi) is 2.37. The maximum Gasteiger partial charge on any atom is 0.365 e. The van der Waals surface area contributed by atoms with Gasteiger partial charge in [-0.05, 0) is 0 Å². The Morgan fingerprint density at radius 3 is 1.89 bits per heavy atom. The second kappa shape index (κ2) is 2.81. The summed E-state index contributed by atoms with van der Waals surface area (Å²) in [6.45, 7) is 0. The molecule has 5 heteroatoms. The number of hydrogen-bond acceptors (Lipinski definition) is 2. The van der Waals surface area contributed by atoms with Crippen LogP contribution in [0.4, 0.5) is 4.39 Å². The Morgan fingerprint density at radius 2 is 1.78 bits per heavy atom. The van der Waals surface area contributed by atoms with Crippen LogP contribution < -0.4 is 0 Å². The van der Waals surface area contributed by atoms with Crippen LogP contribution in [0.2, 0.25) is 0 Å². The minimum Gasteiger partial charge on any atom is -0.478 e. The van der Waals surface area contributed by atoms with Crippen molar-refractivity contribution in [3.05, 3.63) is 11.9 Å². The standard InChI is InChI=1S/C4H3FO4/c5-2(4(8)9)1-3(6)7/h1H,(H,6,7)(H,8,9)/b2-1+. The average Bonchev–Trinajstić information content (AvgIpc) is 1.63. The van der Waals surface area contributed by atoms with Gasteiger partial charge in [-0.3, -0.25) is 0 Å². The van der Waals surface area contributed by atoms with E-state index in [1.54, 1.807) is 0 Å². The smallest absolute Gasteiger partial charge is 0.365 e. The molecule has 9 heavy (non-hydrogen) atoms. The molecule has 0 bridgehead atoms. The molecule has 50 valence electrons. The first kappa shape index (κ1) is 7.61. The quantitative estimate of drug-likeness (QED) is 0.521. The third-order valence-electron chi connectivity index (χ3n) is 0.455. The Morgan fingerprint density at radius 1 is 1.33 bits per heavy atom. The SMILES string of the molecule is O=C(O)/C=C(/F)C(=O)O. The van der Waals surface area contributed by atoms with Crippen LogP contribution >= 0.6 is 0 Å². The molecule has 0 aliphatic heterocycles. The molecule has 0 atom stereocenters. The van der Waals surface area contributed by atoms with Crippen molar-refractivity contribution in [3.8, 4) is 0 Å². The molecule has 0 aliphatic rings. The van der Waals surface area contributed by atoms with Crippen LogP contribution in [0.5, 0.6) is 0 Å². The van der Waals surface area contributed by atoms with Crippen molar-refractivity contribution in [1.82, 2.24) is 0 Å². The molecule has 0 rings (SSSR count). The molecule has 0 radical (unpaired) electrons. The number of halogens is 1. The summed E-state index contributed by atoms with van der Waals surface area (Å²) in [6.07, 6.45) is -0.0255. The fraction of sp³-hybridized carbons (Fsp3) is 0. The number of carbonyl (C=O) groups is 2. The van der Waals surface area contributed by atoms with Gasteiger partial charge >= 0.3 is 11.9 Å². The van der Waals surface area contributed by atoms with Gasteiger partial charge in [0.05, 0.1) is 6.08 Å². The van der Waals surface area contributed by atoms with Crippen molar-refractivity contribution in [1.29, 1.82) is 0 Å². The Bertz CT molecular complexity index is 171. The van der Waals surface area contributed by atoms with Crippen molar-refractivity contribution >= 4 is 11.9 Å². The number of rotatable bonds is 2. The van der Waals surface area contributed by atoms with E-state index in [0.717, 1.165) is 0 Å². The van der Waals surface area contributed by atoms with E-state index in [1.807, 2.05) is 0 Å². The molecule has 0 fully saturated rings. The van der Waals surface area contributed by atoms with E-state index in [4.69, 9.17) is 10.2 Å². The zero-order chi connectivity index (χ0) is 7.44. The summed E-state index contributed by atoms with van der Waals surface area (Å²) in [4.78, 5) is 19.1. The van der Waals surface area contributed by atoms with E-state index >= 15 is 0 Å². The predicted octanol–water partition coefficient (Wildman–Crippen LogP) is 0.00900. The van der Waals surface area contributed by atoms with E-state index in [1.165, 1.54) is 0 Å². The van der Waals surface area contributed by atoms with Crippen LogP contribution in [0.3, 0.4) is 0 Å². The lowest BCUT2D eigenvalue weighted by atomic mass is 10.5. The molecule has 2 N–H and O–H groups in total. The molecule has 0 aliphatic carbocycles. The van der Waals surface area contributed by atoms with Gasteiger partial charge in [0, 0.05) is 0 Å². The fourth-order valence-electron chi connectivity index (χ4n) is 0.170. The third kappa shape index (κ3) is 3.22. The van der Waals surface area contributed by atoms with E-state index < -0.39 is 17.8 Å². The monoisotopic (exact) mass is 134 g/mol. The Balaban J connectivity index is 4.17. The molecular formula is C4H3FO4. The Labute approximate surface area is 49.2 Å². The van der Waals surface area contributed by atoms with Gasteiger partial charge in [0.15, 0.2) is 0 Å². The summed E-state index contributed by atoms with van der Waals surface area (Å²) >= 11 is 0. The fourth-order valence-corrected chi connectivity index (χ4v) is 0.170. The first-order valence-electron chi connectivity index (χ1n) is 1.87. The highest BCUT2D eigenvalue weighted by Crippen LogP contribution is 1.93. The van der Waals surface area contributed by atoms with Gasteiger partial charge in [-0.1, -0.05) is 0 Å². The van der Waals surface area contributed by atoms with Crippen molar-refractivity contribution in [3.63, 3.8) is 0 Å². The van der Waals surface area contributed by atoms with E-state index in [-0.39, 0.29) is 6.08 Å². The zero-order valence-corrected chi connectivity index (χ0v) is 4.17. The average molecular weight is 134 g/mol. The van der Waals surface area contributed by atoms with Crippen LogP contribution in [0.15, 0.2) is 11.9 Å². The minimum atomic E-state index is -1.88. The first-order valence-corrected chi connectivity index (χ1v) is 1.87. The third-order valence-corrected chi connectivity index (χ3v) is 0.455. The molecule has 0 unspecified atom stereocenters. The van der Waals surface area contributed by atoms with Crippen molar-refractivity contribution in [2.45, 2.75) is 0 Å². The highest BCUT2D eigenvalue weighted by molar-refractivity contribution is 5.92. The second-order valence-corrected chi connectivity index (χ2v) is 1.14. The molecule has 0 aromatic carbocycles. The van der Waals surface area contributed by atoms with Crippen LogP contribution in [-0.4, -0.2) is 22.2 Å². The molecule has 0 heterocycles. The lowest BCUT2D eigenvalue weighted by molar-refractivity contribution is -0.136. The van der Waals surface area contributed by atoms with Gasteiger partial charge in [0.25, 0.3) is 0 Å². The van der Waals surface area contributed by atoms with Crippen LogP contribution in [0, 0.1) is 0 Å². The summed E-state index contributed by atoms with van der Waals surface area (Å²) in [7, 11) is 0. The normalized spacial score (nSPS) is 11.0. The van der Waals surface area contributed by atoms with Gasteiger partial charge in [0.1, 0.15) is 0 Å². The lowest BCUT2D eigenvalue weighted by Crippen LogP contribution is -1.98. The Hall–Kier alpha value is -1.39. The molecule has 0 amide bonds. The number of carboxylic acid groups (broad SMARTS) is 2. The summed E-state index contributed by atoms with van der Waals surface area (Å²) in [5.74, 6) is -5.17. The second-order valence-electron chi connectivity index (χ2n) is 1.14. The van der Waals surface area contributed by atoms with Gasteiger partial charge < -0.3 is 10.2 Å². The van der Waals surface area contributed by atoms with Crippen LogP contribution in [0.1, 0.15) is 0 Å². The number of hydrogen-bond donors (Lipinski definition) is 2. The predicted molar refractivity (Wildman–Crippen MR) is 24.5 cm³/mol. The van der Waals surface area contributed by atoms with E-state index in [0.29, 0.717) is 0 Å². The van der Waals surface area contributed by atoms with Gasteiger partial charge in [-0.2, -0.15) is 4.39 Å². The molecule has 0 saturated heterocycles. The van der Waals surface area contributed by atoms with Crippen molar-refractivity contribution in [2.75, 3.05) is 0 Å². The molecule has 0 spiro atoms. The van der Waals surface area contributed by atoms with Crippen LogP contribution in [0.25, 0.3) is 0 Å². The first-order chi connectivity index (χ1) is 4.04. The lowest BCUT2D eigenvalue weighted by Gasteiger charge is -1.82. The van der Waals surface area contributed by atoms with E-state index in [2.05, 4.69) is 0 Å². The maximum atomic E-state index is 11.7. The summed E-state index contributed by atoms with van der Waals surface area (Å²) in [5.41, 5.74) is 0. The largest absolute Gasteiger partial charge is 0.478 e. The summed E-state index contributed by atoms with van der Waals surface area (Å²) in [5, 5.41) is 15.5. The van der Waals surface area contributed by atoms with Crippen molar-refractivity contribution < 1.29 is 24.2 Å². The van der Waals surface area contributed by atoms with Gasteiger partial charge in [-0.25, -0.2) is 9.59 Å². The number of carboxylic acids is 2. The molecule has 4 nitrogen and oxygen atoms in total. The molecule has 0 saturated carbocycles. The van der Waals surface area contributed by atoms with Gasteiger partial charge in [0.2, 0.25) is 5.83 Å². The summed E-state index contributed by atoms with van der Waals surface area (Å²) < 4.78 is 11.7. The zero-order valence-electron chi connectivity index (χ0n) is 4.17. The highest BCUT2D eigenvalue weighted by Gasteiger charge is 2.06. The molecule has 0 aromatic rings. The minimum absolute atomic E-state index is 0.0255. The van der Waals surface area contributed by atoms with Crippen LogP contribution in [-0.2, 0) is 9.59 Å². The van der Waals surface area contributed by atoms with Crippen molar-refractivity contribution in [2.24, 2.45) is 0 Å². The summed E-state index contributed by atoms with van der Waals surface area (Å²) in [6, 6.07) is 0. The maximum absolute atomic E-state index is 11.7. The van der Waals surface area contributed by atoms with Gasteiger partial charge in [-0.15, -0.1) is 0 Å².